The van der Waals surface area contributed by atoms with Crippen LogP contribution in [0.1, 0.15) is 16.0 Å². The molecule has 0 N–H and O–H groups in total. The number of hydrogen-bond acceptors (Lipinski definition) is 4. The van der Waals surface area contributed by atoms with E-state index in [0.29, 0.717) is 20.7 Å². The average molecular weight is 375 g/mol. The van der Waals surface area contributed by atoms with Gasteiger partial charge in [0, 0.05) is 28.6 Å². The van der Waals surface area contributed by atoms with Crippen molar-refractivity contribution in [2.75, 3.05) is 7.11 Å². The number of rotatable bonds is 3. The number of nitrogens with zero attached hydrogens (tertiary/aromatic N) is 2. The molecule has 0 saturated heterocycles. The van der Waals surface area contributed by atoms with Crippen LogP contribution in [-0.4, -0.2) is 18.3 Å². The maximum absolute atomic E-state index is 6.16. The monoisotopic (exact) mass is 374 g/mol. The number of aromatic nitrogens is 1. The molecular formula is C18H12Cl2N2OS. The van der Waals surface area contributed by atoms with Gasteiger partial charge in [-0.1, -0.05) is 40.6 Å². The molecular weight excluding hydrogens is 363 g/mol. The summed E-state index contributed by atoms with van der Waals surface area (Å²) in [5.41, 5.74) is 4.11. The maximum Gasteiger partial charge on any atom is 0.209 e. The summed E-state index contributed by atoms with van der Waals surface area (Å²) >= 11 is 13.9. The summed E-state index contributed by atoms with van der Waals surface area (Å²) in [6.45, 7) is 0. The molecule has 0 aliphatic heterocycles. The largest absolute Gasteiger partial charge is 0.497 e. The lowest BCUT2D eigenvalue weighted by molar-refractivity contribution is 0.414. The van der Waals surface area contributed by atoms with Gasteiger partial charge in [-0.15, -0.1) is 0 Å². The van der Waals surface area contributed by atoms with Crippen molar-refractivity contribution < 1.29 is 4.74 Å². The first-order valence-corrected chi connectivity index (χ1v) is 8.88. The number of halogens is 2. The Morgan fingerprint density at radius 1 is 1.21 bits per heavy atom. The zero-order chi connectivity index (χ0) is 16.7. The molecule has 24 heavy (non-hydrogen) atoms. The molecule has 3 aromatic rings. The molecule has 0 fully saturated rings. The molecule has 1 aliphatic carbocycles. The third-order valence-electron chi connectivity index (χ3n) is 3.91. The van der Waals surface area contributed by atoms with E-state index in [1.165, 1.54) is 10.4 Å². The topological polar surface area (TPSA) is 34.5 Å². The third kappa shape index (κ3) is 2.71. The Balaban J connectivity index is 1.66. The van der Waals surface area contributed by atoms with Gasteiger partial charge in [0.2, 0.25) is 5.13 Å². The van der Waals surface area contributed by atoms with E-state index in [2.05, 4.69) is 22.1 Å². The van der Waals surface area contributed by atoms with Crippen LogP contribution in [-0.2, 0) is 6.42 Å². The van der Waals surface area contributed by atoms with E-state index in [4.69, 9.17) is 27.9 Å². The average Bonchev–Trinajstić information content (AvgIpc) is 3.10. The van der Waals surface area contributed by atoms with Crippen LogP contribution in [0.2, 0.25) is 10.0 Å². The van der Waals surface area contributed by atoms with Gasteiger partial charge in [0.15, 0.2) is 0 Å². The first-order valence-electron chi connectivity index (χ1n) is 7.31. The molecule has 6 heteroatoms. The smallest absolute Gasteiger partial charge is 0.209 e. The van der Waals surface area contributed by atoms with Gasteiger partial charge in [0.05, 0.1) is 22.8 Å². The van der Waals surface area contributed by atoms with E-state index in [0.717, 1.165) is 23.4 Å². The molecule has 120 valence electrons. The Labute approximate surface area is 153 Å². The highest BCUT2D eigenvalue weighted by Crippen LogP contribution is 2.43. The van der Waals surface area contributed by atoms with Crippen molar-refractivity contribution in [1.29, 1.82) is 0 Å². The third-order valence-corrected chi connectivity index (χ3v) is 5.53. The Hall–Kier alpha value is -1.88. The zero-order valence-corrected chi connectivity index (χ0v) is 15.0. The molecule has 3 nitrogen and oxygen atoms in total. The van der Waals surface area contributed by atoms with Crippen molar-refractivity contribution in [3.05, 3.63) is 62.4 Å². The first kappa shape index (κ1) is 15.6. The zero-order valence-electron chi connectivity index (χ0n) is 12.7. The number of hydrogen-bond donors (Lipinski definition) is 0. The molecule has 2 aromatic carbocycles. The second-order valence-corrected chi connectivity index (χ2v) is 7.24. The fraction of sp³-hybridized carbons (Fsp3) is 0.111. The minimum atomic E-state index is 0.577. The Bertz CT molecular complexity index is 945. The SMILES string of the molecule is COc1ccc2c(c1)Cc1sc(N=Cc3c(Cl)cccc3Cl)nc1-2. The summed E-state index contributed by atoms with van der Waals surface area (Å²) in [7, 11) is 1.68. The lowest BCUT2D eigenvalue weighted by Crippen LogP contribution is -1.86. The summed E-state index contributed by atoms with van der Waals surface area (Å²) in [6.07, 6.45) is 2.54. The molecule has 1 aromatic heterocycles. The fourth-order valence-electron chi connectivity index (χ4n) is 2.73. The van der Waals surface area contributed by atoms with E-state index in [-0.39, 0.29) is 0 Å². The van der Waals surface area contributed by atoms with Crippen LogP contribution < -0.4 is 4.74 Å². The van der Waals surface area contributed by atoms with E-state index in [1.807, 2.05) is 12.1 Å². The van der Waals surface area contributed by atoms with Gasteiger partial charge >= 0.3 is 0 Å². The molecule has 1 heterocycles. The van der Waals surface area contributed by atoms with Gasteiger partial charge in [-0.3, -0.25) is 0 Å². The van der Waals surface area contributed by atoms with Crippen molar-refractivity contribution in [1.82, 2.24) is 4.98 Å². The van der Waals surface area contributed by atoms with Gasteiger partial charge in [-0.05, 0) is 35.9 Å². The predicted molar refractivity (Wildman–Crippen MR) is 101 cm³/mol. The van der Waals surface area contributed by atoms with Gasteiger partial charge in [0.1, 0.15) is 5.75 Å². The lowest BCUT2D eigenvalue weighted by atomic mass is 10.1. The molecule has 0 amide bonds. The Morgan fingerprint density at radius 3 is 2.75 bits per heavy atom. The van der Waals surface area contributed by atoms with Gasteiger partial charge in [-0.2, -0.15) is 0 Å². The van der Waals surface area contributed by atoms with Crippen molar-refractivity contribution >= 4 is 45.9 Å². The van der Waals surface area contributed by atoms with Crippen LogP contribution >= 0.6 is 34.5 Å². The lowest BCUT2D eigenvalue weighted by Gasteiger charge is -2.03. The molecule has 0 atom stereocenters. The maximum atomic E-state index is 6.16. The second-order valence-electron chi connectivity index (χ2n) is 5.36. The number of aliphatic imine (C=N–C) groups is 1. The predicted octanol–water partition coefficient (Wildman–Crippen LogP) is 5.78. The summed E-state index contributed by atoms with van der Waals surface area (Å²) in [5, 5.41) is 1.86. The van der Waals surface area contributed by atoms with Crippen LogP contribution in [0, 0.1) is 0 Å². The van der Waals surface area contributed by atoms with Crippen molar-refractivity contribution in [2.45, 2.75) is 6.42 Å². The molecule has 0 spiro atoms. The second kappa shape index (κ2) is 6.20. The summed E-state index contributed by atoms with van der Waals surface area (Å²) in [4.78, 5) is 10.3. The quantitative estimate of drug-likeness (QED) is 0.426. The minimum absolute atomic E-state index is 0.577. The highest BCUT2D eigenvalue weighted by atomic mass is 35.5. The van der Waals surface area contributed by atoms with Crippen LogP contribution in [0.25, 0.3) is 11.3 Å². The highest BCUT2D eigenvalue weighted by Gasteiger charge is 2.23. The number of ether oxygens (including phenoxy) is 1. The standard InChI is InChI=1S/C18H12Cl2N2OS/c1-23-11-5-6-12-10(7-11)8-16-17(12)22-18(24-16)21-9-13-14(19)3-2-4-15(13)20/h2-7,9H,8H2,1H3. The summed E-state index contributed by atoms with van der Waals surface area (Å²) in [6, 6.07) is 11.5. The molecule has 0 bridgehead atoms. The number of thiazole rings is 1. The Morgan fingerprint density at radius 2 is 2.00 bits per heavy atom. The van der Waals surface area contributed by atoms with Crippen LogP contribution in [0.3, 0.4) is 0 Å². The molecule has 0 radical (unpaired) electrons. The van der Waals surface area contributed by atoms with E-state index in [1.54, 1.807) is 36.8 Å². The summed E-state index contributed by atoms with van der Waals surface area (Å²) in [5.74, 6) is 0.871. The molecule has 0 unspecified atom stereocenters. The summed E-state index contributed by atoms with van der Waals surface area (Å²) < 4.78 is 5.28. The Kier molecular flexibility index (Phi) is 4.04. The number of benzene rings is 2. The van der Waals surface area contributed by atoms with E-state index in [9.17, 15) is 0 Å². The molecule has 4 rings (SSSR count). The van der Waals surface area contributed by atoms with Crippen LogP contribution in [0.4, 0.5) is 5.13 Å². The van der Waals surface area contributed by atoms with Gasteiger partial charge in [0.25, 0.3) is 0 Å². The number of fused-ring (bicyclic) bond motifs is 3. The van der Waals surface area contributed by atoms with Crippen molar-refractivity contribution in [3.63, 3.8) is 0 Å². The van der Waals surface area contributed by atoms with Crippen molar-refractivity contribution in [3.8, 4) is 17.0 Å². The molecule has 0 saturated carbocycles. The normalized spacial score (nSPS) is 12.5. The first-order chi connectivity index (χ1) is 11.7. The number of methoxy groups -OCH3 is 1. The minimum Gasteiger partial charge on any atom is -0.497 e. The highest BCUT2D eigenvalue weighted by molar-refractivity contribution is 7.15. The molecule has 1 aliphatic rings. The fourth-order valence-corrected chi connectivity index (χ4v) is 4.16. The van der Waals surface area contributed by atoms with E-state index < -0.39 is 0 Å². The van der Waals surface area contributed by atoms with Gasteiger partial charge in [-0.25, -0.2) is 9.98 Å². The van der Waals surface area contributed by atoms with E-state index >= 15 is 0 Å². The van der Waals surface area contributed by atoms with Gasteiger partial charge < -0.3 is 4.74 Å². The van der Waals surface area contributed by atoms with Crippen LogP contribution in [0.5, 0.6) is 5.75 Å². The van der Waals surface area contributed by atoms with Crippen molar-refractivity contribution in [2.24, 2.45) is 4.99 Å². The van der Waals surface area contributed by atoms with Crippen LogP contribution in [0.15, 0.2) is 41.4 Å².